The highest BCUT2D eigenvalue weighted by molar-refractivity contribution is 9.10. The molecule has 2 aromatic rings. The maximum atomic E-state index is 12.3. The van der Waals surface area contributed by atoms with Gasteiger partial charge in [0.25, 0.3) is 5.91 Å². The molecule has 1 N–H and O–H groups in total. The SMILES string of the molecule is COc1cccc(NC(=O)COC(=O)CCC(=O)c2cc(Br)ccc2OC)c1. The predicted molar refractivity (Wildman–Crippen MR) is 107 cm³/mol. The van der Waals surface area contributed by atoms with Gasteiger partial charge in [0.2, 0.25) is 0 Å². The van der Waals surface area contributed by atoms with Gasteiger partial charge in [0.1, 0.15) is 11.5 Å². The summed E-state index contributed by atoms with van der Waals surface area (Å²) in [6.45, 7) is -0.440. The maximum Gasteiger partial charge on any atom is 0.306 e. The number of benzene rings is 2. The summed E-state index contributed by atoms with van der Waals surface area (Å²) in [4.78, 5) is 36.0. The lowest BCUT2D eigenvalue weighted by Gasteiger charge is -2.09. The highest BCUT2D eigenvalue weighted by atomic mass is 79.9. The normalized spacial score (nSPS) is 10.1. The first-order chi connectivity index (χ1) is 13.4. The third kappa shape index (κ3) is 6.38. The molecule has 1 amide bonds. The number of methoxy groups -OCH3 is 2. The van der Waals surface area contributed by atoms with Crippen LogP contribution in [0.5, 0.6) is 11.5 Å². The van der Waals surface area contributed by atoms with Gasteiger partial charge in [-0.1, -0.05) is 22.0 Å². The molecule has 0 fully saturated rings. The molecule has 0 aliphatic heterocycles. The zero-order valence-corrected chi connectivity index (χ0v) is 17.1. The highest BCUT2D eigenvalue weighted by Crippen LogP contribution is 2.24. The summed E-state index contributed by atoms with van der Waals surface area (Å²) in [7, 11) is 2.99. The number of hydrogen-bond acceptors (Lipinski definition) is 6. The first kappa shape index (κ1) is 21.4. The second kappa shape index (κ2) is 10.5. The summed E-state index contributed by atoms with van der Waals surface area (Å²) in [5, 5.41) is 2.60. The number of carbonyl (C=O) groups excluding carboxylic acids is 3. The number of hydrogen-bond donors (Lipinski definition) is 1. The van der Waals surface area contributed by atoms with Crippen molar-refractivity contribution in [1.82, 2.24) is 0 Å². The first-order valence-corrected chi connectivity index (χ1v) is 9.18. The Bertz CT molecular complexity index is 868. The van der Waals surface area contributed by atoms with E-state index >= 15 is 0 Å². The van der Waals surface area contributed by atoms with Crippen LogP contribution in [0.2, 0.25) is 0 Å². The molecule has 0 saturated carbocycles. The van der Waals surface area contributed by atoms with E-state index in [0.29, 0.717) is 22.7 Å². The Kier molecular flexibility index (Phi) is 8.01. The second-order valence-corrected chi connectivity index (χ2v) is 6.62. The fourth-order valence-corrected chi connectivity index (χ4v) is 2.73. The van der Waals surface area contributed by atoms with E-state index in [4.69, 9.17) is 14.2 Å². The third-order valence-corrected chi connectivity index (χ3v) is 4.23. The van der Waals surface area contributed by atoms with Crippen molar-refractivity contribution >= 4 is 39.3 Å². The summed E-state index contributed by atoms with van der Waals surface area (Å²) in [5.74, 6) is -0.351. The molecule has 0 spiro atoms. The lowest BCUT2D eigenvalue weighted by Crippen LogP contribution is -2.21. The van der Waals surface area contributed by atoms with Crippen LogP contribution in [0.15, 0.2) is 46.9 Å². The number of esters is 1. The number of anilines is 1. The molecule has 0 atom stereocenters. The van der Waals surface area contributed by atoms with Crippen molar-refractivity contribution in [1.29, 1.82) is 0 Å². The van der Waals surface area contributed by atoms with Crippen LogP contribution < -0.4 is 14.8 Å². The van der Waals surface area contributed by atoms with E-state index in [1.165, 1.54) is 14.2 Å². The Morgan fingerprint density at radius 1 is 1.00 bits per heavy atom. The van der Waals surface area contributed by atoms with Gasteiger partial charge in [-0.3, -0.25) is 14.4 Å². The minimum Gasteiger partial charge on any atom is -0.497 e. The lowest BCUT2D eigenvalue weighted by atomic mass is 10.1. The molecule has 28 heavy (non-hydrogen) atoms. The molecular formula is C20H20BrNO6. The Labute approximate surface area is 171 Å². The number of ether oxygens (including phenoxy) is 3. The van der Waals surface area contributed by atoms with Crippen molar-refractivity contribution < 1.29 is 28.6 Å². The smallest absolute Gasteiger partial charge is 0.306 e. The minimum absolute atomic E-state index is 0.0524. The van der Waals surface area contributed by atoms with E-state index in [9.17, 15) is 14.4 Å². The quantitative estimate of drug-likeness (QED) is 0.464. The molecule has 8 heteroatoms. The average molecular weight is 450 g/mol. The monoisotopic (exact) mass is 449 g/mol. The third-order valence-electron chi connectivity index (χ3n) is 3.74. The van der Waals surface area contributed by atoms with Gasteiger partial charge in [0.05, 0.1) is 26.2 Å². The van der Waals surface area contributed by atoms with Crippen LogP contribution in [0, 0.1) is 0 Å². The van der Waals surface area contributed by atoms with Crippen LogP contribution in [0.1, 0.15) is 23.2 Å². The summed E-state index contributed by atoms with van der Waals surface area (Å²) >= 11 is 3.30. The zero-order chi connectivity index (χ0) is 20.5. The van der Waals surface area contributed by atoms with E-state index < -0.39 is 18.5 Å². The van der Waals surface area contributed by atoms with Gasteiger partial charge in [0.15, 0.2) is 12.4 Å². The van der Waals surface area contributed by atoms with Crippen molar-refractivity contribution in [3.8, 4) is 11.5 Å². The number of nitrogens with one attached hydrogen (secondary N) is 1. The fourth-order valence-electron chi connectivity index (χ4n) is 2.36. The van der Waals surface area contributed by atoms with Gasteiger partial charge >= 0.3 is 5.97 Å². The number of ketones is 1. The molecule has 0 aliphatic rings. The second-order valence-electron chi connectivity index (χ2n) is 5.71. The van der Waals surface area contributed by atoms with Gasteiger partial charge in [-0.25, -0.2) is 0 Å². The molecule has 7 nitrogen and oxygen atoms in total. The van der Waals surface area contributed by atoms with Gasteiger partial charge in [-0.2, -0.15) is 0 Å². The lowest BCUT2D eigenvalue weighted by molar-refractivity contribution is -0.147. The number of carbonyl (C=O) groups is 3. The van der Waals surface area contributed by atoms with Crippen molar-refractivity contribution in [3.63, 3.8) is 0 Å². The molecule has 148 valence electrons. The first-order valence-electron chi connectivity index (χ1n) is 8.39. The fraction of sp³-hybridized carbons (Fsp3) is 0.250. The van der Waals surface area contributed by atoms with Crippen molar-refractivity contribution in [2.45, 2.75) is 12.8 Å². The number of rotatable bonds is 9. The van der Waals surface area contributed by atoms with Gasteiger partial charge in [0, 0.05) is 22.6 Å². The van der Waals surface area contributed by atoms with Gasteiger partial charge < -0.3 is 19.5 Å². The largest absolute Gasteiger partial charge is 0.497 e. The standard InChI is InChI=1S/C20H20BrNO6/c1-26-15-5-3-4-14(11-15)22-19(24)12-28-20(25)9-7-17(23)16-10-13(21)6-8-18(16)27-2/h3-6,8,10-11H,7,9,12H2,1-2H3,(H,22,24). The Balaban J connectivity index is 1.80. The summed E-state index contributed by atoms with van der Waals surface area (Å²) in [6, 6.07) is 11.8. The van der Waals surface area contributed by atoms with Crippen LogP contribution in [0.25, 0.3) is 0 Å². The molecule has 0 heterocycles. The van der Waals surface area contributed by atoms with Crippen molar-refractivity contribution in [2.24, 2.45) is 0 Å². The molecule has 2 rings (SSSR count). The predicted octanol–water partition coefficient (Wildman–Crippen LogP) is 3.61. The van der Waals surface area contributed by atoms with E-state index in [1.807, 2.05) is 0 Å². The molecular weight excluding hydrogens is 430 g/mol. The molecule has 0 aromatic heterocycles. The zero-order valence-electron chi connectivity index (χ0n) is 15.5. The number of amides is 1. The van der Waals surface area contributed by atoms with Crippen LogP contribution in [-0.4, -0.2) is 38.5 Å². The molecule has 0 aliphatic carbocycles. The van der Waals surface area contributed by atoms with E-state index in [1.54, 1.807) is 42.5 Å². The van der Waals surface area contributed by atoms with Gasteiger partial charge in [-0.05, 0) is 30.3 Å². The molecule has 0 saturated heterocycles. The number of Topliss-reactive ketones (excluding diaryl/α,β-unsaturated/α-hetero) is 1. The Morgan fingerprint density at radius 3 is 2.50 bits per heavy atom. The van der Waals surface area contributed by atoms with Crippen LogP contribution in [0.3, 0.4) is 0 Å². The van der Waals surface area contributed by atoms with Gasteiger partial charge in [-0.15, -0.1) is 0 Å². The average Bonchev–Trinajstić information content (AvgIpc) is 2.70. The van der Waals surface area contributed by atoms with Crippen molar-refractivity contribution in [2.75, 3.05) is 26.1 Å². The molecule has 0 radical (unpaired) electrons. The minimum atomic E-state index is -0.636. The summed E-state index contributed by atoms with van der Waals surface area (Å²) < 4.78 is 15.9. The van der Waals surface area contributed by atoms with Crippen LogP contribution in [-0.2, 0) is 14.3 Å². The number of halogens is 1. The molecule has 0 bridgehead atoms. The van der Waals surface area contributed by atoms with Crippen LogP contribution in [0.4, 0.5) is 5.69 Å². The Morgan fingerprint density at radius 2 is 1.79 bits per heavy atom. The molecule has 2 aromatic carbocycles. The summed E-state index contributed by atoms with van der Waals surface area (Å²) in [5.41, 5.74) is 0.901. The molecule has 0 unspecified atom stereocenters. The maximum absolute atomic E-state index is 12.3. The van der Waals surface area contributed by atoms with Crippen LogP contribution >= 0.6 is 15.9 Å². The topological polar surface area (TPSA) is 90.9 Å². The van der Waals surface area contributed by atoms with Crippen molar-refractivity contribution in [3.05, 3.63) is 52.5 Å². The Hall–Kier alpha value is -2.87. The summed E-state index contributed by atoms with van der Waals surface area (Å²) in [6.07, 6.45) is -0.190. The van der Waals surface area contributed by atoms with E-state index in [0.717, 1.165) is 4.47 Å². The van der Waals surface area contributed by atoms with E-state index in [-0.39, 0.29) is 18.6 Å². The highest BCUT2D eigenvalue weighted by Gasteiger charge is 2.16. The van der Waals surface area contributed by atoms with E-state index in [2.05, 4.69) is 21.2 Å².